The van der Waals surface area contributed by atoms with Gasteiger partial charge in [0, 0.05) is 12.1 Å². The van der Waals surface area contributed by atoms with Crippen molar-refractivity contribution in [2.75, 3.05) is 6.61 Å². The molecule has 2 heteroatoms. The number of ether oxygens (including phenoxy) is 1. The molecule has 2 aromatic rings. The SMILES string of the molecule is CCOc1ccccc1-c1ccccc1CN. The number of hydrogen-bond donors (Lipinski definition) is 1. The monoisotopic (exact) mass is 227 g/mol. The predicted molar refractivity (Wildman–Crippen MR) is 70.9 cm³/mol. The maximum atomic E-state index is 5.77. The van der Waals surface area contributed by atoms with Crippen LogP contribution in [0.3, 0.4) is 0 Å². The van der Waals surface area contributed by atoms with Gasteiger partial charge < -0.3 is 10.5 Å². The molecule has 0 radical (unpaired) electrons. The molecule has 0 saturated heterocycles. The first-order valence-corrected chi connectivity index (χ1v) is 5.87. The van der Waals surface area contributed by atoms with Gasteiger partial charge in [0.1, 0.15) is 5.75 Å². The fraction of sp³-hybridized carbons (Fsp3) is 0.200. The number of benzene rings is 2. The molecule has 2 rings (SSSR count). The highest BCUT2D eigenvalue weighted by atomic mass is 16.5. The molecule has 0 aliphatic heterocycles. The van der Waals surface area contributed by atoms with Crippen LogP contribution in [0.1, 0.15) is 12.5 Å². The van der Waals surface area contributed by atoms with Gasteiger partial charge in [0.25, 0.3) is 0 Å². The van der Waals surface area contributed by atoms with Crippen LogP contribution in [-0.4, -0.2) is 6.61 Å². The Bertz CT molecular complexity index is 494. The van der Waals surface area contributed by atoms with Crippen LogP contribution < -0.4 is 10.5 Å². The predicted octanol–water partition coefficient (Wildman–Crippen LogP) is 3.21. The van der Waals surface area contributed by atoms with Crippen molar-refractivity contribution in [3.8, 4) is 16.9 Å². The third-order valence-corrected chi connectivity index (χ3v) is 2.71. The summed E-state index contributed by atoms with van der Waals surface area (Å²) in [6.45, 7) is 3.20. The van der Waals surface area contributed by atoms with Crippen LogP contribution in [0.5, 0.6) is 5.75 Å². The van der Waals surface area contributed by atoms with Gasteiger partial charge >= 0.3 is 0 Å². The molecule has 0 spiro atoms. The summed E-state index contributed by atoms with van der Waals surface area (Å²) >= 11 is 0. The normalized spacial score (nSPS) is 10.2. The lowest BCUT2D eigenvalue weighted by molar-refractivity contribution is 0.341. The molecule has 2 N–H and O–H groups in total. The van der Waals surface area contributed by atoms with Crippen molar-refractivity contribution in [1.82, 2.24) is 0 Å². The Labute approximate surface area is 102 Å². The van der Waals surface area contributed by atoms with Crippen molar-refractivity contribution in [1.29, 1.82) is 0 Å². The molecule has 0 fully saturated rings. The zero-order valence-electron chi connectivity index (χ0n) is 10.0. The molecule has 17 heavy (non-hydrogen) atoms. The summed E-state index contributed by atoms with van der Waals surface area (Å²) in [4.78, 5) is 0. The van der Waals surface area contributed by atoms with E-state index in [0.717, 1.165) is 22.4 Å². The first kappa shape index (κ1) is 11.7. The summed E-state index contributed by atoms with van der Waals surface area (Å²) in [7, 11) is 0. The Balaban J connectivity index is 2.52. The van der Waals surface area contributed by atoms with Gasteiger partial charge in [-0.3, -0.25) is 0 Å². The third kappa shape index (κ3) is 2.48. The molecule has 0 atom stereocenters. The quantitative estimate of drug-likeness (QED) is 0.870. The van der Waals surface area contributed by atoms with Crippen LogP contribution in [0.25, 0.3) is 11.1 Å². The van der Waals surface area contributed by atoms with E-state index in [-0.39, 0.29) is 0 Å². The second-order valence-electron chi connectivity index (χ2n) is 3.79. The van der Waals surface area contributed by atoms with Crippen molar-refractivity contribution in [3.63, 3.8) is 0 Å². The van der Waals surface area contributed by atoms with Gasteiger partial charge in [-0.15, -0.1) is 0 Å². The third-order valence-electron chi connectivity index (χ3n) is 2.71. The van der Waals surface area contributed by atoms with Gasteiger partial charge in [-0.25, -0.2) is 0 Å². The van der Waals surface area contributed by atoms with Crippen LogP contribution in [0.4, 0.5) is 0 Å². The maximum absolute atomic E-state index is 5.77. The van der Waals surface area contributed by atoms with E-state index in [1.807, 2.05) is 37.3 Å². The van der Waals surface area contributed by atoms with E-state index < -0.39 is 0 Å². The summed E-state index contributed by atoms with van der Waals surface area (Å²) in [5.41, 5.74) is 9.17. The van der Waals surface area contributed by atoms with Gasteiger partial charge in [0.05, 0.1) is 6.61 Å². The zero-order valence-corrected chi connectivity index (χ0v) is 10.0. The fourth-order valence-electron chi connectivity index (χ4n) is 1.93. The highest BCUT2D eigenvalue weighted by Crippen LogP contribution is 2.31. The molecule has 88 valence electrons. The molecule has 0 heterocycles. The fourth-order valence-corrected chi connectivity index (χ4v) is 1.93. The summed E-state index contributed by atoms with van der Waals surface area (Å²) < 4.78 is 5.65. The number of rotatable bonds is 4. The highest BCUT2D eigenvalue weighted by molar-refractivity contribution is 5.73. The second kappa shape index (κ2) is 5.51. The molecular formula is C15H17NO. The lowest BCUT2D eigenvalue weighted by Crippen LogP contribution is -2.00. The molecule has 0 aliphatic rings. The van der Waals surface area contributed by atoms with Crippen LogP contribution in [0.15, 0.2) is 48.5 Å². The molecule has 0 unspecified atom stereocenters. The molecule has 0 amide bonds. The first-order chi connectivity index (χ1) is 8.36. The minimum Gasteiger partial charge on any atom is -0.493 e. The van der Waals surface area contributed by atoms with E-state index in [1.165, 1.54) is 0 Å². The number of hydrogen-bond acceptors (Lipinski definition) is 2. The number of para-hydroxylation sites is 1. The van der Waals surface area contributed by atoms with Crippen LogP contribution in [0.2, 0.25) is 0 Å². The largest absolute Gasteiger partial charge is 0.493 e. The summed E-state index contributed by atoms with van der Waals surface area (Å²) in [5.74, 6) is 0.913. The molecule has 0 bridgehead atoms. The first-order valence-electron chi connectivity index (χ1n) is 5.87. The van der Waals surface area contributed by atoms with E-state index in [9.17, 15) is 0 Å². The average molecular weight is 227 g/mol. The molecule has 2 aromatic carbocycles. The Morgan fingerprint density at radius 2 is 1.59 bits per heavy atom. The van der Waals surface area contributed by atoms with Crippen molar-refractivity contribution in [2.45, 2.75) is 13.5 Å². The van der Waals surface area contributed by atoms with Gasteiger partial charge in [-0.1, -0.05) is 42.5 Å². The van der Waals surface area contributed by atoms with Crippen LogP contribution in [-0.2, 0) is 6.54 Å². The van der Waals surface area contributed by atoms with Crippen LogP contribution in [0, 0.1) is 0 Å². The van der Waals surface area contributed by atoms with E-state index in [0.29, 0.717) is 13.2 Å². The molecule has 0 saturated carbocycles. The Morgan fingerprint density at radius 3 is 2.29 bits per heavy atom. The molecule has 2 nitrogen and oxygen atoms in total. The van der Waals surface area contributed by atoms with Gasteiger partial charge in [-0.05, 0) is 24.1 Å². The summed E-state index contributed by atoms with van der Waals surface area (Å²) in [6, 6.07) is 16.2. The summed E-state index contributed by atoms with van der Waals surface area (Å²) in [6.07, 6.45) is 0. The van der Waals surface area contributed by atoms with Gasteiger partial charge in [-0.2, -0.15) is 0 Å². The lowest BCUT2D eigenvalue weighted by Gasteiger charge is -2.12. The van der Waals surface area contributed by atoms with E-state index in [2.05, 4.69) is 18.2 Å². The number of nitrogens with two attached hydrogens (primary N) is 1. The van der Waals surface area contributed by atoms with Crippen molar-refractivity contribution >= 4 is 0 Å². The standard InChI is InChI=1S/C15H17NO/c1-2-17-15-10-6-5-9-14(15)13-8-4-3-7-12(13)11-16/h3-10H,2,11,16H2,1H3. The zero-order chi connectivity index (χ0) is 12.1. The Morgan fingerprint density at radius 1 is 0.941 bits per heavy atom. The van der Waals surface area contributed by atoms with Gasteiger partial charge in [0.15, 0.2) is 0 Å². The average Bonchev–Trinajstić information content (AvgIpc) is 2.40. The lowest BCUT2D eigenvalue weighted by atomic mass is 9.99. The minimum atomic E-state index is 0.538. The Hall–Kier alpha value is -1.80. The van der Waals surface area contributed by atoms with Gasteiger partial charge in [0.2, 0.25) is 0 Å². The Kier molecular flexibility index (Phi) is 3.78. The summed E-state index contributed by atoms with van der Waals surface area (Å²) in [5, 5.41) is 0. The maximum Gasteiger partial charge on any atom is 0.127 e. The molecule has 0 aliphatic carbocycles. The van der Waals surface area contributed by atoms with Crippen molar-refractivity contribution < 1.29 is 4.74 Å². The molecular weight excluding hydrogens is 210 g/mol. The van der Waals surface area contributed by atoms with E-state index >= 15 is 0 Å². The van der Waals surface area contributed by atoms with Crippen molar-refractivity contribution in [2.24, 2.45) is 5.73 Å². The van der Waals surface area contributed by atoms with E-state index in [4.69, 9.17) is 10.5 Å². The van der Waals surface area contributed by atoms with E-state index in [1.54, 1.807) is 0 Å². The molecule has 0 aromatic heterocycles. The minimum absolute atomic E-state index is 0.538. The van der Waals surface area contributed by atoms with Crippen LogP contribution >= 0.6 is 0 Å². The topological polar surface area (TPSA) is 35.2 Å². The smallest absolute Gasteiger partial charge is 0.127 e. The second-order valence-corrected chi connectivity index (χ2v) is 3.79. The highest BCUT2D eigenvalue weighted by Gasteiger charge is 2.08. The van der Waals surface area contributed by atoms with Crippen molar-refractivity contribution in [3.05, 3.63) is 54.1 Å².